The Kier molecular flexibility index (Phi) is 3.28. The lowest BCUT2D eigenvalue weighted by molar-refractivity contribution is 0.184. The Morgan fingerprint density at radius 2 is 2.21 bits per heavy atom. The number of piperazine rings is 1. The molecule has 0 aromatic carbocycles. The maximum absolute atomic E-state index is 5.01. The van der Waals surface area contributed by atoms with Gasteiger partial charge >= 0.3 is 0 Å². The lowest BCUT2D eigenvalue weighted by atomic mass is 10.4. The second kappa shape index (κ2) is 4.68. The summed E-state index contributed by atoms with van der Waals surface area (Å²) in [5.74, 6) is 0. The number of nitrogens with zero attached hydrogens (tertiary/aromatic N) is 3. The van der Waals surface area contributed by atoms with E-state index in [-0.39, 0.29) is 0 Å². The van der Waals surface area contributed by atoms with Crippen LogP contribution in [0.4, 0.5) is 5.13 Å². The van der Waals surface area contributed by atoms with Crippen molar-refractivity contribution in [2.75, 3.05) is 38.2 Å². The molecule has 1 saturated heterocycles. The average Bonchev–Trinajstić information content (AvgIpc) is 2.68. The van der Waals surface area contributed by atoms with Crippen LogP contribution in [0.15, 0.2) is 0 Å². The molecule has 5 nitrogen and oxygen atoms in total. The number of aromatic nitrogens is 2. The van der Waals surface area contributed by atoms with Crippen LogP contribution in [0, 0.1) is 0 Å². The molecular weight excluding hydrogens is 200 g/mol. The van der Waals surface area contributed by atoms with Crippen LogP contribution >= 0.6 is 11.3 Å². The molecule has 0 aliphatic carbocycles. The van der Waals surface area contributed by atoms with Crippen LogP contribution in [0.3, 0.4) is 0 Å². The minimum absolute atomic E-state index is 0.559. The van der Waals surface area contributed by atoms with Crippen LogP contribution in [-0.4, -0.2) is 43.5 Å². The van der Waals surface area contributed by atoms with Gasteiger partial charge in [0.2, 0.25) is 5.13 Å². The third kappa shape index (κ3) is 2.20. The van der Waals surface area contributed by atoms with Crippen LogP contribution in [0.2, 0.25) is 0 Å². The Morgan fingerprint density at radius 1 is 1.43 bits per heavy atom. The van der Waals surface area contributed by atoms with Gasteiger partial charge in [-0.1, -0.05) is 11.3 Å². The van der Waals surface area contributed by atoms with E-state index in [1.807, 2.05) is 0 Å². The summed E-state index contributed by atoms with van der Waals surface area (Å²) in [5, 5.41) is 13.5. The number of hydrogen-bond donors (Lipinski definition) is 1. The van der Waals surface area contributed by atoms with E-state index in [4.69, 9.17) is 4.74 Å². The Morgan fingerprint density at radius 3 is 2.93 bits per heavy atom. The van der Waals surface area contributed by atoms with Crippen molar-refractivity contribution >= 4 is 16.5 Å². The molecule has 1 N–H and O–H groups in total. The van der Waals surface area contributed by atoms with Crippen LogP contribution in [0.5, 0.6) is 0 Å². The van der Waals surface area contributed by atoms with Gasteiger partial charge < -0.3 is 15.0 Å². The van der Waals surface area contributed by atoms with Crippen molar-refractivity contribution in [1.29, 1.82) is 0 Å². The van der Waals surface area contributed by atoms with Crippen molar-refractivity contribution < 1.29 is 4.74 Å². The van der Waals surface area contributed by atoms with Gasteiger partial charge in [0, 0.05) is 33.3 Å². The zero-order valence-corrected chi connectivity index (χ0v) is 9.01. The maximum atomic E-state index is 5.01. The summed E-state index contributed by atoms with van der Waals surface area (Å²) >= 11 is 1.61. The summed E-state index contributed by atoms with van der Waals surface area (Å²) in [5.41, 5.74) is 0. The number of methoxy groups -OCH3 is 1. The fourth-order valence-electron chi connectivity index (χ4n) is 1.41. The molecule has 0 bridgehead atoms. The molecular formula is C8H14N4OS. The predicted molar refractivity (Wildman–Crippen MR) is 55.7 cm³/mol. The quantitative estimate of drug-likeness (QED) is 0.773. The Labute approximate surface area is 87.1 Å². The minimum atomic E-state index is 0.559. The predicted octanol–water partition coefficient (Wildman–Crippen LogP) is 0.0941. The highest BCUT2D eigenvalue weighted by Gasteiger charge is 2.14. The molecule has 1 aliphatic rings. The third-order valence-electron chi connectivity index (χ3n) is 2.11. The van der Waals surface area contributed by atoms with Crippen molar-refractivity contribution in [3.8, 4) is 0 Å². The summed E-state index contributed by atoms with van der Waals surface area (Å²) in [6, 6.07) is 0. The number of ether oxygens (including phenoxy) is 1. The Bertz CT molecular complexity index is 285. The first-order valence-electron chi connectivity index (χ1n) is 4.67. The Balaban J connectivity index is 2.00. The summed E-state index contributed by atoms with van der Waals surface area (Å²) < 4.78 is 5.01. The number of anilines is 1. The van der Waals surface area contributed by atoms with Crippen molar-refractivity contribution in [2.24, 2.45) is 0 Å². The monoisotopic (exact) mass is 214 g/mol. The molecule has 0 saturated carbocycles. The van der Waals surface area contributed by atoms with Crippen molar-refractivity contribution in [2.45, 2.75) is 6.61 Å². The molecule has 78 valence electrons. The zero-order valence-electron chi connectivity index (χ0n) is 8.19. The standard InChI is InChI=1S/C8H14N4OS/c1-13-6-7-10-11-8(14-7)12-4-2-9-3-5-12/h9H,2-6H2,1H3. The molecule has 1 aliphatic heterocycles. The van der Waals surface area contributed by atoms with E-state index in [0.717, 1.165) is 36.3 Å². The van der Waals surface area contributed by atoms with Crippen molar-refractivity contribution in [1.82, 2.24) is 15.5 Å². The van der Waals surface area contributed by atoms with Crippen molar-refractivity contribution in [3.63, 3.8) is 0 Å². The van der Waals surface area contributed by atoms with Gasteiger partial charge in [-0.25, -0.2) is 0 Å². The molecule has 0 amide bonds. The summed E-state index contributed by atoms with van der Waals surface area (Å²) in [4.78, 5) is 2.26. The third-order valence-corrected chi connectivity index (χ3v) is 3.07. The first-order valence-corrected chi connectivity index (χ1v) is 5.49. The smallest absolute Gasteiger partial charge is 0.208 e. The molecule has 0 spiro atoms. The molecule has 1 fully saturated rings. The van der Waals surface area contributed by atoms with E-state index >= 15 is 0 Å². The van der Waals surface area contributed by atoms with Gasteiger partial charge in [0.05, 0.1) is 0 Å². The largest absolute Gasteiger partial charge is 0.377 e. The van der Waals surface area contributed by atoms with E-state index in [9.17, 15) is 0 Å². The van der Waals surface area contributed by atoms with E-state index in [1.54, 1.807) is 18.4 Å². The second-order valence-corrected chi connectivity index (χ2v) is 4.19. The number of rotatable bonds is 3. The normalized spacial score (nSPS) is 17.4. The van der Waals surface area contributed by atoms with Crippen LogP contribution in [0.25, 0.3) is 0 Å². The molecule has 1 aromatic rings. The minimum Gasteiger partial charge on any atom is -0.377 e. The molecule has 0 unspecified atom stereocenters. The van der Waals surface area contributed by atoms with Crippen LogP contribution in [0.1, 0.15) is 5.01 Å². The summed E-state index contributed by atoms with van der Waals surface area (Å²) in [6.45, 7) is 4.64. The van der Waals surface area contributed by atoms with Gasteiger partial charge in [-0.3, -0.25) is 0 Å². The highest BCUT2D eigenvalue weighted by Crippen LogP contribution is 2.20. The molecule has 0 radical (unpaired) electrons. The zero-order chi connectivity index (χ0) is 9.80. The Hall–Kier alpha value is -0.720. The van der Waals surface area contributed by atoms with E-state index < -0.39 is 0 Å². The molecule has 1 aromatic heterocycles. The lowest BCUT2D eigenvalue weighted by Crippen LogP contribution is -2.43. The fourth-order valence-corrected chi connectivity index (χ4v) is 2.27. The highest BCUT2D eigenvalue weighted by atomic mass is 32.1. The van der Waals surface area contributed by atoms with E-state index in [0.29, 0.717) is 6.61 Å². The topological polar surface area (TPSA) is 50.3 Å². The second-order valence-electron chi connectivity index (χ2n) is 3.15. The highest BCUT2D eigenvalue weighted by molar-refractivity contribution is 7.15. The van der Waals surface area contributed by atoms with E-state index in [2.05, 4.69) is 20.4 Å². The summed E-state index contributed by atoms with van der Waals surface area (Å²) in [6.07, 6.45) is 0. The van der Waals surface area contributed by atoms with Crippen molar-refractivity contribution in [3.05, 3.63) is 5.01 Å². The first-order chi connectivity index (χ1) is 6.90. The van der Waals surface area contributed by atoms with Gasteiger partial charge in [0.1, 0.15) is 11.6 Å². The maximum Gasteiger partial charge on any atom is 0.208 e. The van der Waals surface area contributed by atoms with Crippen LogP contribution < -0.4 is 10.2 Å². The van der Waals surface area contributed by atoms with Gasteiger partial charge in [-0.15, -0.1) is 10.2 Å². The lowest BCUT2D eigenvalue weighted by Gasteiger charge is -2.26. The SMILES string of the molecule is COCc1nnc(N2CCNCC2)s1. The van der Waals surface area contributed by atoms with Gasteiger partial charge in [-0.05, 0) is 0 Å². The van der Waals surface area contributed by atoms with Gasteiger partial charge in [-0.2, -0.15) is 0 Å². The van der Waals surface area contributed by atoms with Gasteiger partial charge in [0.25, 0.3) is 0 Å². The van der Waals surface area contributed by atoms with Gasteiger partial charge in [0.15, 0.2) is 0 Å². The molecule has 6 heteroatoms. The van der Waals surface area contributed by atoms with Crippen LogP contribution in [-0.2, 0) is 11.3 Å². The summed E-state index contributed by atoms with van der Waals surface area (Å²) in [7, 11) is 1.67. The fraction of sp³-hybridized carbons (Fsp3) is 0.750. The molecule has 2 rings (SSSR count). The number of nitrogens with one attached hydrogen (secondary N) is 1. The molecule has 14 heavy (non-hydrogen) atoms. The van der Waals surface area contributed by atoms with E-state index in [1.165, 1.54) is 0 Å². The molecule has 2 heterocycles. The molecule has 0 atom stereocenters. The average molecular weight is 214 g/mol. The first kappa shape index (κ1) is 9.82. The number of hydrogen-bond acceptors (Lipinski definition) is 6.